The third kappa shape index (κ3) is 5.27. The fourth-order valence-electron chi connectivity index (χ4n) is 3.96. The Kier molecular flexibility index (Phi) is 7.50. The van der Waals surface area contributed by atoms with E-state index in [-0.39, 0.29) is 36.3 Å². The molecule has 9 heteroatoms. The molecule has 1 aromatic rings. The van der Waals surface area contributed by atoms with E-state index in [4.69, 9.17) is 9.47 Å². The van der Waals surface area contributed by atoms with Crippen LogP contribution in [0.15, 0.2) is 35.5 Å². The van der Waals surface area contributed by atoms with Gasteiger partial charge < -0.3 is 25.0 Å². The number of piperidine rings is 1. The van der Waals surface area contributed by atoms with Gasteiger partial charge in [0.1, 0.15) is 6.61 Å². The first-order valence-electron chi connectivity index (χ1n) is 10.8. The van der Waals surface area contributed by atoms with E-state index in [0.717, 1.165) is 5.56 Å². The molecule has 0 radical (unpaired) electrons. The molecule has 0 bridgehead atoms. The first-order chi connectivity index (χ1) is 15.3. The van der Waals surface area contributed by atoms with Gasteiger partial charge in [-0.15, -0.1) is 0 Å². The van der Waals surface area contributed by atoms with E-state index < -0.39 is 24.0 Å². The molecule has 1 fully saturated rings. The van der Waals surface area contributed by atoms with Gasteiger partial charge in [0, 0.05) is 18.7 Å². The zero-order chi connectivity index (χ0) is 23.3. The number of ether oxygens (including phenoxy) is 2. The second-order valence-corrected chi connectivity index (χ2v) is 7.92. The van der Waals surface area contributed by atoms with Crippen molar-refractivity contribution in [2.24, 2.45) is 5.92 Å². The van der Waals surface area contributed by atoms with Crippen molar-refractivity contribution in [3.05, 3.63) is 46.7 Å². The topological polar surface area (TPSA) is 114 Å². The summed E-state index contributed by atoms with van der Waals surface area (Å²) in [4.78, 5) is 51.2. The van der Waals surface area contributed by atoms with Crippen LogP contribution in [0.25, 0.3) is 0 Å². The second-order valence-electron chi connectivity index (χ2n) is 7.92. The minimum absolute atomic E-state index is 0.0365. The number of carbonyl (C=O) groups excluding carboxylic acids is 4. The van der Waals surface area contributed by atoms with Crippen LogP contribution in [0.4, 0.5) is 4.79 Å². The van der Waals surface area contributed by atoms with E-state index in [0.29, 0.717) is 31.5 Å². The number of amides is 3. The first-order valence-corrected chi connectivity index (χ1v) is 10.8. The quantitative estimate of drug-likeness (QED) is 0.650. The number of likely N-dealkylation sites (tertiary alicyclic amines) is 1. The normalized spacial score (nSPS) is 19.2. The van der Waals surface area contributed by atoms with Crippen LogP contribution in [0.1, 0.15) is 42.6 Å². The summed E-state index contributed by atoms with van der Waals surface area (Å²) in [5.74, 6) is -1.37. The molecule has 3 amide bonds. The van der Waals surface area contributed by atoms with Crippen molar-refractivity contribution in [1.82, 2.24) is 15.5 Å². The van der Waals surface area contributed by atoms with Gasteiger partial charge in [-0.2, -0.15) is 0 Å². The third-order valence-electron chi connectivity index (χ3n) is 5.72. The molecule has 0 spiro atoms. The van der Waals surface area contributed by atoms with Gasteiger partial charge in [-0.1, -0.05) is 18.2 Å². The van der Waals surface area contributed by atoms with Gasteiger partial charge in [-0.25, -0.2) is 9.59 Å². The highest BCUT2D eigenvalue weighted by atomic mass is 16.5. The largest absolute Gasteiger partial charge is 0.463 e. The maximum absolute atomic E-state index is 12.8. The van der Waals surface area contributed by atoms with Crippen LogP contribution in [0, 0.1) is 12.8 Å². The molecule has 2 aliphatic heterocycles. The Bertz CT molecular complexity index is 933. The van der Waals surface area contributed by atoms with Crippen LogP contribution in [-0.2, 0) is 19.1 Å². The summed E-state index contributed by atoms with van der Waals surface area (Å²) in [6.45, 7) is 6.13. The number of esters is 2. The number of hydrogen-bond acceptors (Lipinski definition) is 6. The van der Waals surface area contributed by atoms with Crippen molar-refractivity contribution >= 4 is 23.9 Å². The first kappa shape index (κ1) is 23.3. The number of urea groups is 1. The summed E-state index contributed by atoms with van der Waals surface area (Å²) in [5.41, 5.74) is 2.05. The minimum atomic E-state index is -0.568. The van der Waals surface area contributed by atoms with Crippen molar-refractivity contribution in [1.29, 1.82) is 0 Å². The van der Waals surface area contributed by atoms with Gasteiger partial charge >= 0.3 is 18.0 Å². The van der Waals surface area contributed by atoms with Crippen molar-refractivity contribution < 1.29 is 28.7 Å². The lowest BCUT2D eigenvalue weighted by Crippen LogP contribution is -2.50. The van der Waals surface area contributed by atoms with Crippen molar-refractivity contribution in [3.63, 3.8) is 0 Å². The van der Waals surface area contributed by atoms with Crippen LogP contribution < -0.4 is 10.6 Å². The van der Waals surface area contributed by atoms with Gasteiger partial charge in [0.05, 0.1) is 29.8 Å². The molecule has 9 nitrogen and oxygen atoms in total. The molecule has 3 rings (SSSR count). The Hall–Kier alpha value is -3.36. The number of carbonyl (C=O) groups is 4. The standard InChI is InChI=1S/C23H29N3O6/c1-4-31-22(29)19-15(3)24-23(30)25-18(19)13-32-21(28)16-9-11-26(12-10-16)20(27)17-8-6-5-7-14(17)2/h5-8,15-16H,4,9-13H2,1-3H3,(H2,24,25,30). The summed E-state index contributed by atoms with van der Waals surface area (Å²) >= 11 is 0. The summed E-state index contributed by atoms with van der Waals surface area (Å²) in [6, 6.07) is 6.40. The molecule has 0 aliphatic carbocycles. The molecule has 2 heterocycles. The Balaban J connectivity index is 1.58. The highest BCUT2D eigenvalue weighted by Gasteiger charge is 2.32. The Morgan fingerprint density at radius 1 is 1.12 bits per heavy atom. The summed E-state index contributed by atoms with van der Waals surface area (Å²) < 4.78 is 10.5. The third-order valence-corrected chi connectivity index (χ3v) is 5.72. The van der Waals surface area contributed by atoms with E-state index in [1.807, 2.05) is 25.1 Å². The number of nitrogens with zero attached hydrogens (tertiary/aromatic N) is 1. The van der Waals surface area contributed by atoms with E-state index in [2.05, 4.69) is 10.6 Å². The fraction of sp³-hybridized carbons (Fsp3) is 0.478. The highest BCUT2D eigenvalue weighted by molar-refractivity contribution is 5.96. The van der Waals surface area contributed by atoms with Crippen LogP contribution in [0.2, 0.25) is 0 Å². The van der Waals surface area contributed by atoms with Gasteiger partial charge in [0.2, 0.25) is 0 Å². The lowest BCUT2D eigenvalue weighted by atomic mass is 9.96. The monoisotopic (exact) mass is 443 g/mol. The molecule has 1 aromatic carbocycles. The fourth-order valence-corrected chi connectivity index (χ4v) is 3.96. The maximum Gasteiger partial charge on any atom is 0.338 e. The molecule has 0 saturated carbocycles. The molecule has 1 unspecified atom stereocenters. The van der Waals surface area contributed by atoms with E-state index >= 15 is 0 Å². The SMILES string of the molecule is CCOC(=O)C1=C(COC(=O)C2CCN(C(=O)c3ccccc3C)CC2)NC(=O)NC1C. The van der Waals surface area contributed by atoms with Gasteiger partial charge in [-0.3, -0.25) is 9.59 Å². The van der Waals surface area contributed by atoms with Crippen molar-refractivity contribution in [2.75, 3.05) is 26.3 Å². The predicted molar refractivity (Wildman–Crippen MR) is 116 cm³/mol. The van der Waals surface area contributed by atoms with Crippen LogP contribution in [-0.4, -0.2) is 61.1 Å². The zero-order valence-corrected chi connectivity index (χ0v) is 18.6. The van der Waals surface area contributed by atoms with Crippen LogP contribution >= 0.6 is 0 Å². The van der Waals surface area contributed by atoms with Gasteiger partial charge in [0.15, 0.2) is 0 Å². The van der Waals surface area contributed by atoms with Crippen LogP contribution in [0.5, 0.6) is 0 Å². The average molecular weight is 444 g/mol. The molecule has 2 aliphatic rings. The molecule has 2 N–H and O–H groups in total. The second kappa shape index (κ2) is 10.3. The Labute approximate surface area is 187 Å². The van der Waals surface area contributed by atoms with Gasteiger partial charge in [-0.05, 0) is 45.2 Å². The molecule has 1 saturated heterocycles. The van der Waals surface area contributed by atoms with Crippen molar-refractivity contribution in [2.45, 2.75) is 39.7 Å². The zero-order valence-electron chi connectivity index (χ0n) is 18.6. The molecule has 1 atom stereocenters. The van der Waals surface area contributed by atoms with E-state index in [1.165, 1.54) is 0 Å². The average Bonchev–Trinajstić information content (AvgIpc) is 2.77. The Morgan fingerprint density at radius 2 is 1.81 bits per heavy atom. The predicted octanol–water partition coefficient (Wildman–Crippen LogP) is 1.91. The van der Waals surface area contributed by atoms with Gasteiger partial charge in [0.25, 0.3) is 5.91 Å². The lowest BCUT2D eigenvalue weighted by Gasteiger charge is -2.31. The van der Waals surface area contributed by atoms with Crippen LogP contribution in [0.3, 0.4) is 0 Å². The highest BCUT2D eigenvalue weighted by Crippen LogP contribution is 2.22. The Morgan fingerprint density at radius 3 is 2.47 bits per heavy atom. The van der Waals surface area contributed by atoms with Crippen molar-refractivity contribution in [3.8, 4) is 0 Å². The maximum atomic E-state index is 12.8. The van der Waals surface area contributed by atoms with E-state index in [1.54, 1.807) is 24.8 Å². The number of aryl methyl sites for hydroxylation is 1. The minimum Gasteiger partial charge on any atom is -0.463 e. The number of rotatable bonds is 6. The summed E-state index contributed by atoms with van der Waals surface area (Å²) in [5, 5.41) is 5.13. The molecule has 32 heavy (non-hydrogen) atoms. The summed E-state index contributed by atoms with van der Waals surface area (Å²) in [7, 11) is 0. The molecule has 172 valence electrons. The lowest BCUT2D eigenvalue weighted by molar-refractivity contribution is -0.149. The smallest absolute Gasteiger partial charge is 0.338 e. The number of benzene rings is 1. The molecular formula is C23H29N3O6. The molecule has 0 aromatic heterocycles. The number of hydrogen-bond donors (Lipinski definition) is 2. The molecular weight excluding hydrogens is 414 g/mol. The van der Waals surface area contributed by atoms with E-state index in [9.17, 15) is 19.2 Å². The number of nitrogens with one attached hydrogen (secondary N) is 2. The summed E-state index contributed by atoms with van der Waals surface area (Å²) in [6.07, 6.45) is 0.981.